The van der Waals surface area contributed by atoms with Crippen molar-refractivity contribution >= 4 is 34.6 Å². The Morgan fingerprint density at radius 3 is 2.44 bits per heavy atom. The molecule has 0 aliphatic carbocycles. The summed E-state index contributed by atoms with van der Waals surface area (Å²) in [7, 11) is 0. The molecule has 10 heteroatoms. The van der Waals surface area contributed by atoms with Crippen LogP contribution in [0.2, 0.25) is 0 Å². The number of benzene rings is 1. The van der Waals surface area contributed by atoms with Crippen LogP contribution in [0.5, 0.6) is 0 Å². The first-order valence-corrected chi connectivity index (χ1v) is 12.5. The maximum absolute atomic E-state index is 13.4. The third-order valence-corrected chi connectivity index (χ3v) is 6.80. The van der Waals surface area contributed by atoms with Crippen LogP contribution < -0.4 is 16.4 Å². The monoisotopic (exact) mass is 499 g/mol. The van der Waals surface area contributed by atoms with E-state index in [4.69, 9.17) is 5.73 Å². The molecule has 0 radical (unpaired) electrons. The maximum atomic E-state index is 13.4. The smallest absolute Gasteiger partial charge is 0.326 e. The first kappa shape index (κ1) is 27.2. The van der Waals surface area contributed by atoms with Gasteiger partial charge in [0.2, 0.25) is 17.7 Å². The summed E-state index contributed by atoms with van der Waals surface area (Å²) in [6.07, 6.45) is 2.87. The molecule has 3 rings (SSSR count). The standard InChI is InChI=1S/C26H37N5O5/c1-14(2)21(27)24(33)30-22(15(3)4)25(34)31-11-7-10-20(31)23(32)29-19(26(35)36)12-16-13-28-18-9-6-5-8-17(16)18/h5-6,8-9,13-15,19-22,28H,7,10-12,27H2,1-4H3,(H,29,32)(H,30,33)(H,35,36). The summed E-state index contributed by atoms with van der Waals surface area (Å²) in [6.45, 7) is 7.64. The van der Waals surface area contributed by atoms with Crippen molar-refractivity contribution in [3.8, 4) is 0 Å². The van der Waals surface area contributed by atoms with Crippen molar-refractivity contribution < 1.29 is 24.3 Å². The molecular formula is C26H37N5O5. The van der Waals surface area contributed by atoms with Gasteiger partial charge in [0.05, 0.1) is 6.04 Å². The number of amides is 3. The Morgan fingerprint density at radius 2 is 1.81 bits per heavy atom. The number of nitrogens with zero attached hydrogens (tertiary/aromatic N) is 1. The number of hydrogen-bond acceptors (Lipinski definition) is 5. The van der Waals surface area contributed by atoms with Crippen LogP contribution in [0.4, 0.5) is 0 Å². The number of para-hydroxylation sites is 1. The molecule has 1 aromatic carbocycles. The highest BCUT2D eigenvalue weighted by atomic mass is 16.4. The zero-order valence-corrected chi connectivity index (χ0v) is 21.3. The molecule has 2 aromatic rings. The average Bonchev–Trinajstić information content (AvgIpc) is 3.48. The van der Waals surface area contributed by atoms with Gasteiger partial charge in [-0.05, 0) is 36.3 Å². The number of H-pyrrole nitrogens is 1. The van der Waals surface area contributed by atoms with Crippen molar-refractivity contribution in [3.63, 3.8) is 0 Å². The zero-order chi connectivity index (χ0) is 26.6. The van der Waals surface area contributed by atoms with E-state index in [9.17, 15) is 24.3 Å². The summed E-state index contributed by atoms with van der Waals surface area (Å²) in [5.74, 6) is -2.76. The summed E-state index contributed by atoms with van der Waals surface area (Å²) in [6, 6.07) is 3.99. The normalized spacial score (nSPS) is 18.3. The topological polar surface area (TPSA) is 158 Å². The Kier molecular flexibility index (Phi) is 8.73. The van der Waals surface area contributed by atoms with Crippen molar-refractivity contribution in [2.45, 2.75) is 71.1 Å². The second-order valence-electron chi connectivity index (χ2n) is 10.2. The van der Waals surface area contributed by atoms with Gasteiger partial charge in [0.25, 0.3) is 0 Å². The number of fused-ring (bicyclic) bond motifs is 1. The highest BCUT2D eigenvalue weighted by Gasteiger charge is 2.40. The highest BCUT2D eigenvalue weighted by molar-refractivity contribution is 5.95. The number of likely N-dealkylation sites (tertiary alicyclic amines) is 1. The minimum absolute atomic E-state index is 0.0941. The van der Waals surface area contributed by atoms with E-state index in [1.165, 1.54) is 4.90 Å². The van der Waals surface area contributed by atoms with E-state index in [0.717, 1.165) is 16.5 Å². The van der Waals surface area contributed by atoms with E-state index in [0.29, 0.717) is 19.4 Å². The molecule has 36 heavy (non-hydrogen) atoms. The van der Waals surface area contributed by atoms with Crippen LogP contribution in [0.3, 0.4) is 0 Å². The van der Waals surface area contributed by atoms with Gasteiger partial charge in [0, 0.05) is 30.1 Å². The van der Waals surface area contributed by atoms with E-state index in [1.807, 2.05) is 52.0 Å². The lowest BCUT2D eigenvalue weighted by Crippen LogP contribution is -2.58. The van der Waals surface area contributed by atoms with Gasteiger partial charge in [0.1, 0.15) is 18.1 Å². The van der Waals surface area contributed by atoms with Crippen molar-refractivity contribution in [2.75, 3.05) is 6.54 Å². The largest absolute Gasteiger partial charge is 0.480 e. The van der Waals surface area contributed by atoms with Gasteiger partial charge >= 0.3 is 5.97 Å². The summed E-state index contributed by atoms with van der Waals surface area (Å²) < 4.78 is 0. The van der Waals surface area contributed by atoms with Gasteiger partial charge < -0.3 is 31.4 Å². The van der Waals surface area contributed by atoms with Crippen LogP contribution in [0.15, 0.2) is 30.5 Å². The van der Waals surface area contributed by atoms with E-state index < -0.39 is 42.0 Å². The third-order valence-electron chi connectivity index (χ3n) is 6.80. The predicted octanol–water partition coefficient (Wildman–Crippen LogP) is 1.39. The van der Waals surface area contributed by atoms with Crippen molar-refractivity contribution in [1.29, 1.82) is 0 Å². The van der Waals surface area contributed by atoms with E-state index >= 15 is 0 Å². The van der Waals surface area contributed by atoms with Crippen LogP contribution in [-0.2, 0) is 25.6 Å². The molecule has 1 fully saturated rings. The molecule has 1 saturated heterocycles. The SMILES string of the molecule is CC(C)C(N)C(=O)NC(C(=O)N1CCCC1C(=O)NC(Cc1c[nH]c2ccccc12)C(=O)O)C(C)C. The average molecular weight is 500 g/mol. The number of aromatic nitrogens is 1. The van der Waals surface area contributed by atoms with Gasteiger partial charge in [0.15, 0.2) is 0 Å². The lowest BCUT2D eigenvalue weighted by atomic mass is 9.99. The Labute approximate surface area is 211 Å². The van der Waals surface area contributed by atoms with Crippen molar-refractivity contribution in [1.82, 2.24) is 20.5 Å². The molecule has 1 aromatic heterocycles. The van der Waals surface area contributed by atoms with Gasteiger partial charge in [-0.2, -0.15) is 0 Å². The molecule has 0 spiro atoms. The molecule has 4 unspecified atom stereocenters. The Bertz CT molecular complexity index is 1110. The molecule has 1 aliphatic heterocycles. The molecule has 1 aliphatic rings. The molecular weight excluding hydrogens is 462 g/mol. The van der Waals surface area contributed by atoms with Crippen molar-refractivity contribution in [2.24, 2.45) is 17.6 Å². The molecule has 0 saturated carbocycles. The van der Waals surface area contributed by atoms with E-state index in [1.54, 1.807) is 6.20 Å². The Balaban J connectivity index is 1.72. The Morgan fingerprint density at radius 1 is 1.11 bits per heavy atom. The summed E-state index contributed by atoms with van der Waals surface area (Å²) in [5, 5.41) is 16.1. The zero-order valence-electron chi connectivity index (χ0n) is 21.3. The van der Waals surface area contributed by atoms with Gasteiger partial charge in [-0.15, -0.1) is 0 Å². The van der Waals surface area contributed by atoms with Crippen LogP contribution >= 0.6 is 0 Å². The molecule has 10 nitrogen and oxygen atoms in total. The number of rotatable bonds is 10. The number of nitrogens with one attached hydrogen (secondary N) is 3. The van der Waals surface area contributed by atoms with Crippen LogP contribution in [-0.4, -0.2) is 69.4 Å². The fourth-order valence-corrected chi connectivity index (χ4v) is 4.54. The fraction of sp³-hybridized carbons (Fsp3) is 0.538. The summed E-state index contributed by atoms with van der Waals surface area (Å²) in [4.78, 5) is 55.7. The van der Waals surface area contributed by atoms with Gasteiger partial charge in [-0.1, -0.05) is 45.9 Å². The van der Waals surface area contributed by atoms with Gasteiger partial charge in [-0.3, -0.25) is 14.4 Å². The second-order valence-corrected chi connectivity index (χ2v) is 10.2. The second kappa shape index (κ2) is 11.6. The third kappa shape index (κ3) is 6.04. The first-order valence-electron chi connectivity index (χ1n) is 12.5. The summed E-state index contributed by atoms with van der Waals surface area (Å²) in [5.41, 5.74) is 7.62. The molecule has 196 valence electrons. The van der Waals surface area contributed by atoms with Crippen molar-refractivity contribution in [3.05, 3.63) is 36.0 Å². The van der Waals surface area contributed by atoms with Gasteiger partial charge in [-0.25, -0.2) is 4.79 Å². The van der Waals surface area contributed by atoms with Crippen LogP contribution in [0.1, 0.15) is 46.1 Å². The number of nitrogens with two attached hydrogens (primary N) is 1. The molecule has 2 heterocycles. The predicted molar refractivity (Wildman–Crippen MR) is 136 cm³/mol. The molecule has 3 amide bonds. The number of carbonyl (C=O) groups is 4. The number of carboxylic acid groups (broad SMARTS) is 1. The number of hydrogen-bond donors (Lipinski definition) is 5. The van der Waals surface area contributed by atoms with E-state index in [2.05, 4.69) is 15.6 Å². The lowest BCUT2D eigenvalue weighted by Gasteiger charge is -2.31. The van der Waals surface area contributed by atoms with Crippen LogP contribution in [0, 0.1) is 11.8 Å². The number of carboxylic acids is 1. The van der Waals surface area contributed by atoms with E-state index in [-0.39, 0.29) is 24.2 Å². The highest BCUT2D eigenvalue weighted by Crippen LogP contribution is 2.22. The van der Waals surface area contributed by atoms with Crippen LogP contribution in [0.25, 0.3) is 10.9 Å². The number of aliphatic carboxylic acids is 1. The lowest BCUT2D eigenvalue weighted by molar-refractivity contribution is -0.145. The molecule has 4 atom stereocenters. The fourth-order valence-electron chi connectivity index (χ4n) is 4.54. The minimum atomic E-state index is -1.15. The minimum Gasteiger partial charge on any atom is -0.480 e. The first-order chi connectivity index (χ1) is 17.0. The number of carbonyl (C=O) groups excluding carboxylic acids is 3. The molecule has 6 N–H and O–H groups in total. The molecule has 0 bridgehead atoms. The maximum Gasteiger partial charge on any atom is 0.326 e. The Hall–Kier alpha value is -3.40. The quantitative estimate of drug-likeness (QED) is 0.332. The number of aromatic amines is 1. The summed E-state index contributed by atoms with van der Waals surface area (Å²) >= 11 is 0.